The van der Waals surface area contributed by atoms with E-state index < -0.39 is 5.69 Å². The van der Waals surface area contributed by atoms with E-state index in [1.54, 1.807) is 0 Å². The molecular formula is C8H7N3O3. The van der Waals surface area contributed by atoms with E-state index in [9.17, 15) is 9.90 Å². The summed E-state index contributed by atoms with van der Waals surface area (Å²) in [6.07, 6.45) is 0. The highest BCUT2D eigenvalue weighted by Gasteiger charge is 2.08. The maximum absolute atomic E-state index is 10.7. The number of hydrogen-bond acceptors (Lipinski definition) is 4. The topological polar surface area (TPSA) is 102 Å². The molecule has 2 rings (SSSR count). The molecule has 0 atom stereocenters. The lowest BCUT2D eigenvalue weighted by Gasteiger charge is -1.99. The molecule has 2 aromatic rings. The van der Waals surface area contributed by atoms with Gasteiger partial charge in [-0.25, -0.2) is 9.89 Å². The molecule has 0 aliphatic rings. The summed E-state index contributed by atoms with van der Waals surface area (Å²) in [6, 6.07) is 4.02. The zero-order chi connectivity index (χ0) is 10.1. The Hall–Kier alpha value is -2.24. The van der Waals surface area contributed by atoms with Crippen LogP contribution in [0, 0.1) is 0 Å². The van der Waals surface area contributed by atoms with Gasteiger partial charge < -0.3 is 10.2 Å². The Morgan fingerprint density at radius 2 is 2.07 bits per heavy atom. The summed E-state index contributed by atoms with van der Waals surface area (Å²) >= 11 is 0. The summed E-state index contributed by atoms with van der Waals surface area (Å²) in [7, 11) is 0. The van der Waals surface area contributed by atoms with Crippen LogP contribution in [0.1, 0.15) is 0 Å². The Kier molecular flexibility index (Phi) is 1.74. The quantitative estimate of drug-likeness (QED) is 0.518. The average molecular weight is 193 g/mol. The first kappa shape index (κ1) is 8.36. The molecule has 4 N–H and O–H groups in total. The van der Waals surface area contributed by atoms with E-state index in [1.807, 2.05) is 0 Å². The summed E-state index contributed by atoms with van der Waals surface area (Å²) in [5.74, 6) is 0.0318. The third-order valence-electron chi connectivity index (χ3n) is 1.74. The lowest BCUT2D eigenvalue weighted by atomic mass is 10.2. The molecule has 6 heteroatoms. The second kappa shape index (κ2) is 2.91. The Balaban J connectivity index is 2.57. The van der Waals surface area contributed by atoms with Gasteiger partial charge in [0, 0.05) is 6.07 Å². The third kappa shape index (κ3) is 1.33. The van der Waals surface area contributed by atoms with E-state index in [-0.39, 0.29) is 17.3 Å². The zero-order valence-electron chi connectivity index (χ0n) is 6.98. The molecule has 0 spiro atoms. The molecule has 6 nitrogen and oxygen atoms in total. The second-order valence-electron chi connectivity index (χ2n) is 2.73. The molecule has 14 heavy (non-hydrogen) atoms. The molecule has 0 radical (unpaired) electrons. The van der Waals surface area contributed by atoms with Crippen molar-refractivity contribution in [2.24, 2.45) is 0 Å². The fourth-order valence-corrected chi connectivity index (χ4v) is 1.12. The van der Waals surface area contributed by atoms with Crippen LogP contribution in [0.2, 0.25) is 0 Å². The van der Waals surface area contributed by atoms with Gasteiger partial charge in [-0.1, -0.05) is 0 Å². The van der Waals surface area contributed by atoms with Gasteiger partial charge in [0.2, 0.25) is 0 Å². The van der Waals surface area contributed by atoms with Crippen molar-refractivity contribution in [2.45, 2.75) is 0 Å². The first-order valence-electron chi connectivity index (χ1n) is 3.84. The molecule has 0 bridgehead atoms. The molecule has 0 fully saturated rings. The fraction of sp³-hybridized carbons (Fsp3) is 0. The smallest absolute Gasteiger partial charge is 0.340 e. The number of benzene rings is 1. The molecule has 0 aliphatic carbocycles. The van der Waals surface area contributed by atoms with E-state index in [0.717, 1.165) is 0 Å². The summed E-state index contributed by atoms with van der Waals surface area (Å²) in [5.41, 5.74) is -0.103. The molecule has 0 amide bonds. The van der Waals surface area contributed by atoms with Gasteiger partial charge in [0.15, 0.2) is 5.82 Å². The average Bonchev–Trinajstić information content (AvgIpc) is 2.51. The van der Waals surface area contributed by atoms with Crippen molar-refractivity contribution in [3.8, 4) is 22.9 Å². The van der Waals surface area contributed by atoms with Gasteiger partial charge in [0.1, 0.15) is 11.5 Å². The minimum absolute atomic E-state index is 0.0517. The molecule has 0 aliphatic heterocycles. The monoisotopic (exact) mass is 193 g/mol. The Morgan fingerprint density at radius 1 is 1.29 bits per heavy atom. The van der Waals surface area contributed by atoms with Gasteiger partial charge >= 0.3 is 5.69 Å². The molecule has 1 aromatic carbocycles. The summed E-state index contributed by atoms with van der Waals surface area (Å²) in [5, 5.41) is 24.3. The number of phenolic OH excluding ortho intramolecular Hbond substituents is 2. The normalized spacial score (nSPS) is 10.3. The highest BCUT2D eigenvalue weighted by atomic mass is 16.3. The number of aromatic hydroxyl groups is 2. The first-order valence-corrected chi connectivity index (χ1v) is 3.84. The molecule has 1 aromatic heterocycles. The molecule has 0 saturated carbocycles. The van der Waals surface area contributed by atoms with Crippen LogP contribution in [0.5, 0.6) is 11.5 Å². The molecule has 1 heterocycles. The maximum atomic E-state index is 10.7. The Labute approximate surface area is 77.9 Å². The van der Waals surface area contributed by atoms with Gasteiger partial charge in [-0.3, -0.25) is 4.98 Å². The van der Waals surface area contributed by atoms with Crippen LogP contribution in [0.25, 0.3) is 11.4 Å². The van der Waals surface area contributed by atoms with Crippen LogP contribution < -0.4 is 5.69 Å². The Bertz CT molecular complexity index is 515. The minimum Gasteiger partial charge on any atom is -0.508 e. The predicted octanol–water partition coefficient (Wildman–Crippen LogP) is 0.176. The molecule has 0 unspecified atom stereocenters. The van der Waals surface area contributed by atoms with Gasteiger partial charge in [-0.2, -0.15) is 5.10 Å². The molecule has 0 saturated heterocycles. The number of nitrogens with zero attached hydrogens (tertiary/aromatic N) is 1. The number of rotatable bonds is 1. The highest BCUT2D eigenvalue weighted by Crippen LogP contribution is 2.28. The van der Waals surface area contributed by atoms with Crippen molar-refractivity contribution in [3.63, 3.8) is 0 Å². The standard InChI is InChI=1S/C8H7N3O3/c12-4-1-2-5(6(13)3-4)7-9-8(14)11-10-7/h1-3,12-13H,(H2,9,10,11,14). The summed E-state index contributed by atoms with van der Waals surface area (Å²) in [6.45, 7) is 0. The predicted molar refractivity (Wildman–Crippen MR) is 48.0 cm³/mol. The van der Waals surface area contributed by atoms with Crippen LogP contribution in [-0.2, 0) is 0 Å². The fourth-order valence-electron chi connectivity index (χ4n) is 1.12. The van der Waals surface area contributed by atoms with Crippen LogP contribution >= 0.6 is 0 Å². The van der Waals surface area contributed by atoms with Crippen molar-refractivity contribution in [1.82, 2.24) is 15.2 Å². The number of aromatic amines is 2. The number of H-pyrrole nitrogens is 2. The summed E-state index contributed by atoms with van der Waals surface area (Å²) in [4.78, 5) is 13.1. The van der Waals surface area contributed by atoms with Crippen LogP contribution in [0.3, 0.4) is 0 Å². The summed E-state index contributed by atoms with van der Waals surface area (Å²) < 4.78 is 0. The van der Waals surface area contributed by atoms with E-state index >= 15 is 0 Å². The number of phenols is 2. The van der Waals surface area contributed by atoms with Crippen molar-refractivity contribution in [3.05, 3.63) is 28.7 Å². The highest BCUT2D eigenvalue weighted by molar-refractivity contribution is 5.64. The van der Waals surface area contributed by atoms with Crippen molar-refractivity contribution in [1.29, 1.82) is 0 Å². The zero-order valence-corrected chi connectivity index (χ0v) is 6.98. The molecular weight excluding hydrogens is 186 g/mol. The number of nitrogens with one attached hydrogen (secondary N) is 2. The van der Waals surface area contributed by atoms with Gasteiger partial charge in [0.05, 0.1) is 5.56 Å². The maximum Gasteiger partial charge on any atom is 0.340 e. The number of hydrogen-bond donors (Lipinski definition) is 4. The van der Waals surface area contributed by atoms with Gasteiger partial charge in [-0.05, 0) is 12.1 Å². The molecule has 72 valence electrons. The van der Waals surface area contributed by atoms with E-state index in [1.165, 1.54) is 18.2 Å². The second-order valence-corrected chi connectivity index (χ2v) is 2.73. The van der Waals surface area contributed by atoms with Crippen LogP contribution in [0.15, 0.2) is 23.0 Å². The first-order chi connectivity index (χ1) is 6.66. The lowest BCUT2D eigenvalue weighted by molar-refractivity contribution is 0.451. The van der Waals surface area contributed by atoms with Crippen molar-refractivity contribution < 1.29 is 10.2 Å². The van der Waals surface area contributed by atoms with E-state index in [0.29, 0.717) is 5.56 Å². The third-order valence-corrected chi connectivity index (χ3v) is 1.74. The van der Waals surface area contributed by atoms with Gasteiger partial charge in [-0.15, -0.1) is 0 Å². The lowest BCUT2D eigenvalue weighted by Crippen LogP contribution is -2.00. The van der Waals surface area contributed by atoms with Crippen molar-refractivity contribution >= 4 is 0 Å². The number of aromatic nitrogens is 3. The van der Waals surface area contributed by atoms with Crippen LogP contribution in [-0.4, -0.2) is 25.4 Å². The van der Waals surface area contributed by atoms with E-state index in [2.05, 4.69) is 15.2 Å². The van der Waals surface area contributed by atoms with Crippen LogP contribution in [0.4, 0.5) is 0 Å². The largest absolute Gasteiger partial charge is 0.508 e. The Morgan fingerprint density at radius 3 is 2.64 bits per heavy atom. The SMILES string of the molecule is O=c1[nH]nc(-c2ccc(O)cc2O)[nH]1. The van der Waals surface area contributed by atoms with E-state index in [4.69, 9.17) is 5.11 Å². The van der Waals surface area contributed by atoms with Gasteiger partial charge in [0.25, 0.3) is 0 Å². The minimum atomic E-state index is -0.451. The van der Waals surface area contributed by atoms with Crippen molar-refractivity contribution in [2.75, 3.05) is 0 Å².